The molecule has 1 saturated carbocycles. The topological polar surface area (TPSA) is 52.1 Å². The molecule has 1 aliphatic rings. The van der Waals surface area contributed by atoms with Gasteiger partial charge in [0.1, 0.15) is 23.8 Å². The number of methoxy groups -OCH3 is 1. The number of aromatic amines is 1. The van der Waals surface area contributed by atoms with E-state index < -0.39 is 0 Å². The number of pyridine rings is 1. The van der Waals surface area contributed by atoms with Gasteiger partial charge in [0.25, 0.3) is 0 Å². The number of benzene rings is 1. The van der Waals surface area contributed by atoms with Gasteiger partial charge in [-0.2, -0.15) is 0 Å². The van der Waals surface area contributed by atoms with Gasteiger partial charge in [-0.1, -0.05) is 19.3 Å². The molecule has 3 heterocycles. The van der Waals surface area contributed by atoms with Crippen molar-refractivity contribution in [3.8, 4) is 11.5 Å². The molecule has 0 saturated heterocycles. The van der Waals surface area contributed by atoms with Crippen LogP contribution in [0.4, 0.5) is 0 Å². The van der Waals surface area contributed by atoms with E-state index in [1.165, 1.54) is 54.1 Å². The van der Waals surface area contributed by atoms with Gasteiger partial charge in [0.15, 0.2) is 0 Å². The van der Waals surface area contributed by atoms with Crippen LogP contribution in [-0.2, 0) is 6.61 Å². The molecule has 5 heteroatoms. The molecule has 5 rings (SSSR count). The van der Waals surface area contributed by atoms with Gasteiger partial charge in [0.2, 0.25) is 0 Å². The zero-order valence-electron chi connectivity index (χ0n) is 16.1. The summed E-state index contributed by atoms with van der Waals surface area (Å²) in [5.74, 6) is 1.69. The molecule has 5 nitrogen and oxygen atoms in total. The van der Waals surface area contributed by atoms with Crippen molar-refractivity contribution >= 4 is 21.9 Å². The Morgan fingerprint density at radius 3 is 2.64 bits per heavy atom. The van der Waals surface area contributed by atoms with E-state index in [0.29, 0.717) is 12.6 Å². The van der Waals surface area contributed by atoms with E-state index in [4.69, 9.17) is 9.47 Å². The monoisotopic (exact) mass is 375 g/mol. The molecular weight excluding hydrogens is 350 g/mol. The van der Waals surface area contributed by atoms with Gasteiger partial charge in [-0.05, 0) is 49.2 Å². The van der Waals surface area contributed by atoms with E-state index in [0.717, 1.165) is 17.1 Å². The summed E-state index contributed by atoms with van der Waals surface area (Å²) in [5.41, 5.74) is 3.45. The van der Waals surface area contributed by atoms with E-state index >= 15 is 0 Å². The Balaban J connectivity index is 1.54. The number of hydrogen-bond acceptors (Lipinski definition) is 3. The largest absolute Gasteiger partial charge is 0.497 e. The molecule has 1 fully saturated rings. The van der Waals surface area contributed by atoms with Gasteiger partial charge in [-0.25, -0.2) is 4.98 Å². The summed E-state index contributed by atoms with van der Waals surface area (Å²) in [6.45, 7) is 0.545. The van der Waals surface area contributed by atoms with Gasteiger partial charge in [-0.3, -0.25) is 0 Å². The number of ether oxygens (including phenoxy) is 2. The number of aromatic nitrogens is 3. The van der Waals surface area contributed by atoms with E-state index in [1.807, 2.05) is 36.7 Å². The maximum absolute atomic E-state index is 6.14. The first-order valence-electron chi connectivity index (χ1n) is 10.1. The van der Waals surface area contributed by atoms with Crippen LogP contribution in [0.1, 0.15) is 43.8 Å². The third-order valence-corrected chi connectivity index (χ3v) is 5.84. The number of H-pyrrole nitrogens is 1. The lowest BCUT2D eigenvalue weighted by Crippen LogP contribution is -2.16. The van der Waals surface area contributed by atoms with Crippen LogP contribution in [0.25, 0.3) is 21.9 Å². The fourth-order valence-corrected chi connectivity index (χ4v) is 4.47. The molecule has 0 aliphatic heterocycles. The Morgan fingerprint density at radius 2 is 1.86 bits per heavy atom. The average Bonchev–Trinajstić information content (AvgIpc) is 3.37. The summed E-state index contributed by atoms with van der Waals surface area (Å²) in [7, 11) is 1.67. The molecule has 1 aromatic carbocycles. The normalized spacial score (nSPS) is 15.3. The standard InChI is InChI=1S/C23H25N3O2/c1-27-19-7-9-20(10-8-19)28-15-18-13-16-14-25-23-21(11-12-24-23)22(16)26(18)17-5-3-2-4-6-17/h7-14,17H,2-6,15H2,1H3,(H,24,25). The van der Waals surface area contributed by atoms with Crippen molar-refractivity contribution in [3.05, 3.63) is 54.5 Å². The second-order valence-electron chi connectivity index (χ2n) is 7.56. The van der Waals surface area contributed by atoms with Gasteiger partial charge in [0.05, 0.1) is 18.3 Å². The molecule has 0 spiro atoms. The van der Waals surface area contributed by atoms with Gasteiger partial charge >= 0.3 is 0 Å². The minimum Gasteiger partial charge on any atom is -0.497 e. The number of fused-ring (bicyclic) bond motifs is 3. The Bertz CT molecular complexity index is 1090. The highest BCUT2D eigenvalue weighted by atomic mass is 16.5. The Hall–Kier alpha value is -2.95. The molecular formula is C23H25N3O2. The quantitative estimate of drug-likeness (QED) is 0.493. The van der Waals surface area contributed by atoms with Crippen LogP contribution in [-0.4, -0.2) is 21.6 Å². The van der Waals surface area contributed by atoms with Gasteiger partial charge < -0.3 is 19.0 Å². The van der Waals surface area contributed by atoms with Crippen molar-refractivity contribution in [3.63, 3.8) is 0 Å². The first-order chi connectivity index (χ1) is 13.8. The second kappa shape index (κ2) is 7.23. The van der Waals surface area contributed by atoms with Gasteiger partial charge in [-0.15, -0.1) is 0 Å². The fourth-order valence-electron chi connectivity index (χ4n) is 4.47. The Morgan fingerprint density at radius 1 is 1.07 bits per heavy atom. The van der Waals surface area contributed by atoms with Crippen LogP contribution in [0.15, 0.2) is 48.8 Å². The van der Waals surface area contributed by atoms with Crippen molar-refractivity contribution in [2.45, 2.75) is 44.8 Å². The first kappa shape index (κ1) is 17.2. The molecule has 0 radical (unpaired) electrons. The van der Waals surface area contributed by atoms with Crippen molar-refractivity contribution in [2.75, 3.05) is 7.11 Å². The van der Waals surface area contributed by atoms with Crippen molar-refractivity contribution in [1.29, 1.82) is 0 Å². The third-order valence-electron chi connectivity index (χ3n) is 5.84. The number of nitrogens with one attached hydrogen (secondary N) is 1. The van der Waals surface area contributed by atoms with Crippen LogP contribution in [0.3, 0.4) is 0 Å². The molecule has 144 valence electrons. The van der Waals surface area contributed by atoms with Crippen molar-refractivity contribution < 1.29 is 9.47 Å². The van der Waals surface area contributed by atoms with E-state index in [9.17, 15) is 0 Å². The molecule has 0 bridgehead atoms. The molecule has 0 atom stereocenters. The summed E-state index contributed by atoms with van der Waals surface area (Å²) < 4.78 is 13.9. The minimum absolute atomic E-state index is 0.529. The van der Waals surface area contributed by atoms with Crippen LogP contribution in [0.2, 0.25) is 0 Å². The zero-order chi connectivity index (χ0) is 18.9. The SMILES string of the molecule is COc1ccc(OCc2cc3cnc4[nH]ccc4c3n2C2CCCCC2)cc1. The summed E-state index contributed by atoms with van der Waals surface area (Å²) in [6.07, 6.45) is 10.3. The average molecular weight is 375 g/mol. The molecule has 1 N–H and O–H groups in total. The highest BCUT2D eigenvalue weighted by Gasteiger charge is 2.22. The van der Waals surface area contributed by atoms with E-state index in [2.05, 4.69) is 26.7 Å². The lowest BCUT2D eigenvalue weighted by Gasteiger charge is -2.26. The van der Waals surface area contributed by atoms with E-state index in [-0.39, 0.29) is 0 Å². The summed E-state index contributed by atoms with van der Waals surface area (Å²) in [4.78, 5) is 7.83. The molecule has 4 aromatic rings. The molecule has 3 aromatic heterocycles. The first-order valence-corrected chi connectivity index (χ1v) is 10.1. The number of nitrogens with zero attached hydrogens (tertiary/aromatic N) is 2. The zero-order valence-corrected chi connectivity index (χ0v) is 16.1. The van der Waals surface area contributed by atoms with Crippen molar-refractivity contribution in [2.24, 2.45) is 0 Å². The lowest BCUT2D eigenvalue weighted by atomic mass is 9.95. The second-order valence-corrected chi connectivity index (χ2v) is 7.56. The molecule has 1 aliphatic carbocycles. The predicted octanol–water partition coefficient (Wildman–Crippen LogP) is 5.61. The third kappa shape index (κ3) is 3.01. The molecule has 0 unspecified atom stereocenters. The molecule has 28 heavy (non-hydrogen) atoms. The fraction of sp³-hybridized carbons (Fsp3) is 0.348. The maximum atomic E-state index is 6.14. The Labute approximate surface area is 164 Å². The highest BCUT2D eigenvalue weighted by Crippen LogP contribution is 2.36. The summed E-state index contributed by atoms with van der Waals surface area (Å²) in [6, 6.07) is 12.7. The minimum atomic E-state index is 0.529. The lowest BCUT2D eigenvalue weighted by molar-refractivity contribution is 0.279. The van der Waals surface area contributed by atoms with Crippen LogP contribution < -0.4 is 9.47 Å². The maximum Gasteiger partial charge on any atom is 0.139 e. The Kier molecular flexibility index (Phi) is 4.43. The van der Waals surface area contributed by atoms with E-state index in [1.54, 1.807) is 7.11 Å². The molecule has 0 amide bonds. The van der Waals surface area contributed by atoms with Crippen LogP contribution >= 0.6 is 0 Å². The number of hydrogen-bond donors (Lipinski definition) is 1. The van der Waals surface area contributed by atoms with Gasteiger partial charge in [0, 0.05) is 29.2 Å². The summed E-state index contributed by atoms with van der Waals surface area (Å²) in [5, 5.41) is 2.38. The predicted molar refractivity (Wildman–Crippen MR) is 111 cm³/mol. The van der Waals surface area contributed by atoms with Crippen molar-refractivity contribution in [1.82, 2.24) is 14.5 Å². The number of rotatable bonds is 5. The smallest absolute Gasteiger partial charge is 0.139 e. The summed E-state index contributed by atoms with van der Waals surface area (Å²) >= 11 is 0. The van der Waals surface area contributed by atoms with Crippen LogP contribution in [0, 0.1) is 0 Å². The highest BCUT2D eigenvalue weighted by molar-refractivity contribution is 6.03. The van der Waals surface area contributed by atoms with Crippen LogP contribution in [0.5, 0.6) is 11.5 Å².